The van der Waals surface area contributed by atoms with Gasteiger partial charge in [0.25, 0.3) is 5.69 Å². The van der Waals surface area contributed by atoms with E-state index >= 15 is 0 Å². The first kappa shape index (κ1) is 13.8. The van der Waals surface area contributed by atoms with Gasteiger partial charge in [0, 0.05) is 25.2 Å². The molecule has 0 saturated heterocycles. The van der Waals surface area contributed by atoms with E-state index in [1.165, 1.54) is 12.8 Å². The van der Waals surface area contributed by atoms with Crippen LogP contribution < -0.4 is 5.32 Å². The van der Waals surface area contributed by atoms with Gasteiger partial charge in [0.15, 0.2) is 0 Å². The van der Waals surface area contributed by atoms with E-state index in [4.69, 9.17) is 0 Å². The Morgan fingerprint density at radius 1 is 1.47 bits per heavy atom. The molecule has 19 heavy (non-hydrogen) atoms. The molecule has 2 rings (SSSR count). The summed E-state index contributed by atoms with van der Waals surface area (Å²) in [5, 5.41) is 14.2. The number of aryl methyl sites for hydroxylation is 1. The van der Waals surface area contributed by atoms with Crippen molar-refractivity contribution >= 4 is 11.4 Å². The summed E-state index contributed by atoms with van der Waals surface area (Å²) in [6, 6.07) is 6.04. The zero-order chi connectivity index (χ0) is 13.8. The minimum atomic E-state index is -0.326. The van der Waals surface area contributed by atoms with Gasteiger partial charge in [0.05, 0.1) is 4.92 Å². The fourth-order valence-electron chi connectivity index (χ4n) is 2.31. The number of anilines is 1. The number of likely N-dealkylation sites (N-methyl/N-ethyl adjacent to an activating group) is 1. The normalized spacial score (nSPS) is 14.7. The van der Waals surface area contributed by atoms with Crippen LogP contribution in [0.1, 0.15) is 25.3 Å². The van der Waals surface area contributed by atoms with Crippen molar-refractivity contribution in [2.45, 2.75) is 32.7 Å². The molecule has 104 valence electrons. The highest BCUT2D eigenvalue weighted by molar-refractivity contribution is 5.62. The van der Waals surface area contributed by atoms with Gasteiger partial charge in [-0.1, -0.05) is 13.0 Å². The van der Waals surface area contributed by atoms with E-state index in [-0.39, 0.29) is 10.6 Å². The number of nitro benzene ring substituents is 1. The maximum absolute atomic E-state index is 11.0. The second-order valence-corrected chi connectivity index (χ2v) is 5.06. The number of nitrogens with one attached hydrogen (secondary N) is 1. The third kappa shape index (κ3) is 3.67. The summed E-state index contributed by atoms with van der Waals surface area (Å²) in [5.74, 6) is 0. The Balaban J connectivity index is 1.93. The SMILES string of the molecule is CCN(CCNc1ccc(C)cc1[N+](=O)[O-])C1CC1. The average Bonchev–Trinajstić information content (AvgIpc) is 3.20. The maximum atomic E-state index is 11.0. The van der Waals surface area contributed by atoms with Crippen LogP contribution in [0.4, 0.5) is 11.4 Å². The van der Waals surface area contributed by atoms with Gasteiger partial charge in [-0.05, 0) is 37.9 Å². The zero-order valence-corrected chi connectivity index (χ0v) is 11.6. The monoisotopic (exact) mass is 263 g/mol. The van der Waals surface area contributed by atoms with Crippen LogP contribution in [0.2, 0.25) is 0 Å². The van der Waals surface area contributed by atoms with Gasteiger partial charge in [-0.15, -0.1) is 0 Å². The molecule has 0 radical (unpaired) electrons. The largest absolute Gasteiger partial charge is 0.378 e. The van der Waals surface area contributed by atoms with E-state index in [9.17, 15) is 10.1 Å². The highest BCUT2D eigenvalue weighted by Gasteiger charge is 2.27. The highest BCUT2D eigenvalue weighted by atomic mass is 16.6. The number of benzene rings is 1. The zero-order valence-electron chi connectivity index (χ0n) is 11.6. The van der Waals surface area contributed by atoms with Crippen molar-refractivity contribution in [1.29, 1.82) is 0 Å². The molecule has 0 unspecified atom stereocenters. The van der Waals surface area contributed by atoms with Crippen LogP contribution in [0.3, 0.4) is 0 Å². The second-order valence-electron chi connectivity index (χ2n) is 5.06. The van der Waals surface area contributed by atoms with Gasteiger partial charge in [0.2, 0.25) is 0 Å². The van der Waals surface area contributed by atoms with Crippen molar-refractivity contribution in [3.8, 4) is 0 Å². The lowest BCUT2D eigenvalue weighted by molar-refractivity contribution is -0.384. The molecule has 1 aliphatic carbocycles. The van der Waals surface area contributed by atoms with Crippen molar-refractivity contribution in [3.63, 3.8) is 0 Å². The quantitative estimate of drug-likeness (QED) is 0.607. The molecule has 0 aromatic heterocycles. The van der Waals surface area contributed by atoms with Crippen LogP contribution in [0, 0.1) is 17.0 Å². The number of hydrogen-bond donors (Lipinski definition) is 1. The highest BCUT2D eigenvalue weighted by Crippen LogP contribution is 2.27. The first-order valence-electron chi connectivity index (χ1n) is 6.84. The van der Waals surface area contributed by atoms with Gasteiger partial charge < -0.3 is 5.32 Å². The molecule has 5 nitrogen and oxygen atoms in total. The van der Waals surface area contributed by atoms with Crippen molar-refractivity contribution < 1.29 is 4.92 Å². The first-order valence-corrected chi connectivity index (χ1v) is 6.84. The average molecular weight is 263 g/mol. The van der Waals surface area contributed by atoms with E-state index in [1.807, 2.05) is 13.0 Å². The van der Waals surface area contributed by atoms with E-state index in [0.29, 0.717) is 5.69 Å². The summed E-state index contributed by atoms with van der Waals surface area (Å²) in [5.41, 5.74) is 1.68. The molecular weight excluding hydrogens is 242 g/mol. The summed E-state index contributed by atoms with van der Waals surface area (Å²) in [7, 11) is 0. The minimum Gasteiger partial charge on any atom is -0.378 e. The minimum absolute atomic E-state index is 0.162. The Labute approximate surface area is 113 Å². The molecular formula is C14H21N3O2. The molecule has 0 heterocycles. The molecule has 1 aromatic rings. The predicted octanol–water partition coefficient (Wildman–Crippen LogP) is 2.80. The van der Waals surface area contributed by atoms with Gasteiger partial charge in [-0.2, -0.15) is 0 Å². The summed E-state index contributed by atoms with van der Waals surface area (Å²) < 4.78 is 0. The Morgan fingerprint density at radius 3 is 2.79 bits per heavy atom. The van der Waals surface area contributed by atoms with Crippen LogP contribution in [0.5, 0.6) is 0 Å². The molecule has 1 aliphatic rings. The van der Waals surface area contributed by atoms with E-state index in [2.05, 4.69) is 17.1 Å². The first-order chi connectivity index (χ1) is 9.11. The molecule has 1 saturated carbocycles. The molecule has 0 bridgehead atoms. The van der Waals surface area contributed by atoms with Gasteiger partial charge in [-0.25, -0.2) is 0 Å². The van der Waals surface area contributed by atoms with E-state index in [0.717, 1.165) is 31.2 Å². The smallest absolute Gasteiger partial charge is 0.292 e. The number of nitro groups is 1. The molecule has 0 aliphatic heterocycles. The van der Waals surface area contributed by atoms with Crippen LogP contribution in [0.25, 0.3) is 0 Å². The van der Waals surface area contributed by atoms with Gasteiger partial charge >= 0.3 is 0 Å². The van der Waals surface area contributed by atoms with Crippen LogP contribution >= 0.6 is 0 Å². The molecule has 1 aromatic carbocycles. The lowest BCUT2D eigenvalue weighted by Crippen LogP contribution is -2.30. The van der Waals surface area contributed by atoms with Gasteiger partial charge in [-0.3, -0.25) is 15.0 Å². The summed E-state index contributed by atoms with van der Waals surface area (Å²) >= 11 is 0. The third-order valence-electron chi connectivity index (χ3n) is 3.53. The Morgan fingerprint density at radius 2 is 2.21 bits per heavy atom. The number of hydrogen-bond acceptors (Lipinski definition) is 4. The molecule has 0 spiro atoms. The summed E-state index contributed by atoms with van der Waals surface area (Å²) in [6.45, 7) is 6.75. The standard InChI is InChI=1S/C14H21N3O2/c1-3-16(12-5-6-12)9-8-15-13-7-4-11(2)10-14(13)17(18)19/h4,7,10,12,15H,3,5-6,8-9H2,1-2H3. The Kier molecular flexibility index (Phi) is 4.37. The Bertz CT molecular complexity index is 458. The van der Waals surface area contributed by atoms with Crippen LogP contribution in [0.15, 0.2) is 18.2 Å². The topological polar surface area (TPSA) is 58.4 Å². The van der Waals surface area contributed by atoms with Crippen molar-refractivity contribution in [2.75, 3.05) is 25.0 Å². The fraction of sp³-hybridized carbons (Fsp3) is 0.571. The molecule has 1 N–H and O–H groups in total. The fourth-order valence-corrected chi connectivity index (χ4v) is 2.31. The lowest BCUT2D eigenvalue weighted by atomic mass is 10.2. The number of rotatable bonds is 7. The van der Waals surface area contributed by atoms with Crippen LogP contribution in [-0.2, 0) is 0 Å². The Hall–Kier alpha value is -1.62. The van der Waals surface area contributed by atoms with E-state index in [1.54, 1.807) is 12.1 Å². The third-order valence-corrected chi connectivity index (χ3v) is 3.53. The van der Waals surface area contributed by atoms with Crippen molar-refractivity contribution in [3.05, 3.63) is 33.9 Å². The van der Waals surface area contributed by atoms with Crippen LogP contribution in [-0.4, -0.2) is 35.5 Å². The maximum Gasteiger partial charge on any atom is 0.292 e. The lowest BCUT2D eigenvalue weighted by Gasteiger charge is -2.20. The van der Waals surface area contributed by atoms with Crippen molar-refractivity contribution in [2.24, 2.45) is 0 Å². The number of nitrogens with zero attached hydrogens (tertiary/aromatic N) is 2. The molecule has 1 fully saturated rings. The van der Waals surface area contributed by atoms with E-state index < -0.39 is 0 Å². The molecule has 0 atom stereocenters. The molecule has 0 amide bonds. The van der Waals surface area contributed by atoms with Crippen molar-refractivity contribution in [1.82, 2.24) is 4.90 Å². The predicted molar refractivity (Wildman–Crippen MR) is 76.6 cm³/mol. The summed E-state index contributed by atoms with van der Waals surface area (Å²) in [6.07, 6.45) is 2.58. The second kappa shape index (κ2) is 6.02. The molecule has 5 heteroatoms. The summed E-state index contributed by atoms with van der Waals surface area (Å²) in [4.78, 5) is 13.1. The van der Waals surface area contributed by atoms with Gasteiger partial charge in [0.1, 0.15) is 5.69 Å².